The first-order valence-electron chi connectivity index (χ1n) is 3.51. The van der Waals surface area contributed by atoms with Gasteiger partial charge in [-0.05, 0) is 0 Å². The summed E-state index contributed by atoms with van der Waals surface area (Å²) in [7, 11) is -8.63. The van der Waals surface area contributed by atoms with Gasteiger partial charge in [0.15, 0.2) is 0 Å². The summed E-state index contributed by atoms with van der Waals surface area (Å²) in [5.41, 5.74) is 0. The van der Waals surface area contributed by atoms with Gasteiger partial charge in [-0.15, -0.1) is 0 Å². The van der Waals surface area contributed by atoms with Crippen molar-refractivity contribution in [3.05, 3.63) is 48.3 Å². The molecule has 9 heteroatoms. The van der Waals surface area contributed by atoms with Gasteiger partial charge in [-0.25, -0.2) is 16.8 Å². The zero-order valence-corrected chi connectivity index (χ0v) is 15.0. The van der Waals surface area contributed by atoms with Crippen molar-refractivity contribution in [2.75, 3.05) is 0 Å². The first-order valence-corrected chi connectivity index (χ1v) is 6.33. The molecule has 0 fully saturated rings. The van der Waals surface area contributed by atoms with Crippen LogP contribution in [-0.2, 0) is 20.2 Å². The van der Waals surface area contributed by atoms with Crippen molar-refractivity contribution in [2.45, 2.75) is 0 Å². The molecule has 0 bridgehead atoms. The Labute approximate surface area is 141 Å². The fourth-order valence-electron chi connectivity index (χ4n) is 0.204. The molecule has 6 nitrogen and oxygen atoms in total. The van der Waals surface area contributed by atoms with Crippen molar-refractivity contribution in [1.29, 1.82) is 0 Å². The van der Waals surface area contributed by atoms with Crippen LogP contribution in [0.1, 0.15) is 0 Å². The Hall–Kier alpha value is 0.351. The normalized spacial score (nSPS) is 10.0. The second-order valence-corrected chi connectivity index (χ2v) is 5.11. The molecule has 0 heterocycles. The Morgan fingerprint density at radius 3 is 1.00 bits per heavy atom. The zero-order valence-electron chi connectivity index (χ0n) is 8.96. The summed E-state index contributed by atoms with van der Waals surface area (Å²) in [5, 5.41) is 0. The summed E-state index contributed by atoms with van der Waals surface area (Å²) >= 11 is 0. The number of rotatable bonds is 4. The summed E-state index contributed by atoms with van der Waals surface area (Å²) in [4.78, 5) is -0.977. The van der Waals surface area contributed by atoms with Gasteiger partial charge in [0.1, 0.15) is 20.2 Å². The van der Waals surface area contributed by atoms with Crippen molar-refractivity contribution in [2.24, 2.45) is 0 Å². The molecule has 17 heavy (non-hydrogen) atoms. The van der Waals surface area contributed by atoms with Crippen molar-refractivity contribution in [3.8, 4) is 0 Å². The number of hydrogen-bond donors (Lipinski definition) is 0. The van der Waals surface area contributed by atoms with Crippen molar-refractivity contribution in [1.82, 2.24) is 0 Å². The van der Waals surface area contributed by atoms with Crippen molar-refractivity contribution >= 4 is 69.1 Å². The topological polar surface area (TPSA) is 114 Å². The molecule has 0 saturated heterocycles. The third-order valence-corrected chi connectivity index (χ3v) is 2.72. The van der Waals surface area contributed by atoms with Gasteiger partial charge < -0.3 is 9.11 Å². The summed E-state index contributed by atoms with van der Waals surface area (Å²) in [5.74, 6) is 0. The molecule has 0 unspecified atom stereocenters. The smallest absolute Gasteiger partial charge is 0.744 e. The second-order valence-electron chi connectivity index (χ2n) is 2.25. The minimum atomic E-state index is -4.32. The molecule has 0 spiro atoms. The minimum Gasteiger partial charge on any atom is -0.744 e. The van der Waals surface area contributed by atoms with E-state index in [2.05, 4.69) is 26.3 Å². The molecular weight excluding hydrogens is 394 g/mol. The molecular formula is C8H10BaO6S2. The van der Waals surface area contributed by atoms with Gasteiger partial charge in [0.05, 0.1) is 0 Å². The molecule has 0 radical (unpaired) electrons. The molecule has 0 atom stereocenters. The largest absolute Gasteiger partial charge is 2.00 e. The van der Waals surface area contributed by atoms with E-state index in [-0.39, 0.29) is 48.9 Å². The van der Waals surface area contributed by atoms with Gasteiger partial charge in [-0.2, -0.15) is 0 Å². The maximum atomic E-state index is 9.84. The Morgan fingerprint density at radius 2 is 1.00 bits per heavy atom. The van der Waals surface area contributed by atoms with E-state index in [1.54, 1.807) is 0 Å². The minimum absolute atomic E-state index is 0. The standard InChI is InChI=1S/2C4H6O3S.Ba/c2*1-3-4(2)8(5,6)7;/h2*3H,1-2H2,(H,5,6,7);/q;;+2/p-2. The molecule has 0 N–H and O–H groups in total. The third-order valence-electron chi connectivity index (χ3n) is 1.10. The van der Waals surface area contributed by atoms with Crippen molar-refractivity contribution in [3.63, 3.8) is 0 Å². The molecule has 0 aliphatic rings. The van der Waals surface area contributed by atoms with E-state index in [0.717, 1.165) is 12.2 Å². The van der Waals surface area contributed by atoms with Crippen LogP contribution in [0.5, 0.6) is 0 Å². The first kappa shape index (κ1) is 22.5. The molecule has 0 saturated carbocycles. The summed E-state index contributed by atoms with van der Waals surface area (Å²) in [6.07, 6.45) is 1.81. The molecule has 0 aromatic heterocycles. The Bertz CT molecular complexity index is 452. The van der Waals surface area contributed by atoms with Gasteiger partial charge in [0, 0.05) is 9.81 Å². The summed E-state index contributed by atoms with van der Waals surface area (Å²) in [6.45, 7) is 11.9. The van der Waals surface area contributed by atoms with E-state index < -0.39 is 30.0 Å². The van der Waals surface area contributed by atoms with Gasteiger partial charge in [-0.1, -0.05) is 38.5 Å². The van der Waals surface area contributed by atoms with Crippen LogP contribution in [0.3, 0.4) is 0 Å². The Kier molecular flexibility index (Phi) is 12.3. The average Bonchev–Trinajstić information content (AvgIpc) is 2.13. The molecule has 0 aromatic rings. The van der Waals surface area contributed by atoms with E-state index in [1.165, 1.54) is 0 Å². The van der Waals surface area contributed by atoms with Gasteiger partial charge in [0.2, 0.25) is 0 Å². The van der Waals surface area contributed by atoms with Crippen LogP contribution >= 0.6 is 0 Å². The van der Waals surface area contributed by atoms with Crippen LogP contribution in [0, 0.1) is 0 Å². The van der Waals surface area contributed by atoms with Crippen LogP contribution in [-0.4, -0.2) is 74.8 Å². The predicted molar refractivity (Wildman–Crippen MR) is 63.8 cm³/mol. The van der Waals surface area contributed by atoms with Gasteiger partial charge in [-0.3, -0.25) is 0 Å². The second kappa shape index (κ2) is 9.30. The Morgan fingerprint density at radius 1 is 0.824 bits per heavy atom. The molecule has 0 amide bonds. The van der Waals surface area contributed by atoms with Gasteiger partial charge in [0.25, 0.3) is 0 Å². The van der Waals surface area contributed by atoms with Crippen LogP contribution in [0.25, 0.3) is 0 Å². The zero-order chi connectivity index (χ0) is 13.6. The number of hydrogen-bond acceptors (Lipinski definition) is 6. The fraction of sp³-hybridized carbons (Fsp3) is 0. The SMILES string of the molecule is C=CC(=C)S(=O)(=O)[O-].C=CC(=C)S(=O)(=O)[O-].[Ba+2]. The van der Waals surface area contributed by atoms with E-state index in [0.29, 0.717) is 0 Å². The quantitative estimate of drug-likeness (QED) is 0.373. The molecule has 0 aliphatic heterocycles. The average molecular weight is 404 g/mol. The molecule has 0 aromatic carbocycles. The van der Waals surface area contributed by atoms with E-state index in [4.69, 9.17) is 0 Å². The van der Waals surface area contributed by atoms with E-state index in [9.17, 15) is 25.9 Å². The molecule has 0 rings (SSSR count). The fourth-order valence-corrected chi connectivity index (χ4v) is 0.612. The third kappa shape index (κ3) is 12.6. The maximum absolute atomic E-state index is 9.84. The summed E-state index contributed by atoms with van der Waals surface area (Å²) < 4.78 is 59.0. The van der Waals surface area contributed by atoms with Crippen molar-refractivity contribution < 1.29 is 25.9 Å². The monoisotopic (exact) mass is 404 g/mol. The Balaban J connectivity index is -0.000000218. The predicted octanol–water partition coefficient (Wildman–Crippen LogP) is 0.0818. The van der Waals surface area contributed by atoms with Crippen LogP contribution < -0.4 is 0 Å². The summed E-state index contributed by atoms with van der Waals surface area (Å²) in [6, 6.07) is 0. The first-order chi connectivity index (χ1) is 6.96. The molecule has 0 aliphatic carbocycles. The van der Waals surface area contributed by atoms with Crippen LogP contribution in [0.2, 0.25) is 0 Å². The maximum Gasteiger partial charge on any atom is 2.00 e. The van der Waals surface area contributed by atoms with Gasteiger partial charge >= 0.3 is 48.9 Å². The number of allylic oxidation sites excluding steroid dienone is 2. The van der Waals surface area contributed by atoms with E-state index in [1.807, 2.05) is 0 Å². The van der Waals surface area contributed by atoms with E-state index >= 15 is 0 Å². The van der Waals surface area contributed by atoms with Crippen LogP contribution in [0.4, 0.5) is 0 Å². The molecule has 92 valence electrons. The van der Waals surface area contributed by atoms with Crippen LogP contribution in [0.15, 0.2) is 48.3 Å².